The van der Waals surface area contributed by atoms with E-state index in [0.717, 1.165) is 16.5 Å². The van der Waals surface area contributed by atoms with Crippen LogP contribution in [0.4, 0.5) is 4.79 Å². The van der Waals surface area contributed by atoms with E-state index in [0.29, 0.717) is 18.0 Å². The first kappa shape index (κ1) is 17.1. The van der Waals surface area contributed by atoms with Gasteiger partial charge in [-0.15, -0.1) is 0 Å². The predicted octanol–water partition coefficient (Wildman–Crippen LogP) is 3.34. The Morgan fingerprint density at radius 2 is 1.87 bits per heavy atom. The molecule has 0 saturated carbocycles. The number of nitrogens with one attached hydrogen (secondary N) is 2. The summed E-state index contributed by atoms with van der Waals surface area (Å²) < 4.78 is 11.7. The number of hydrogen-bond acceptors (Lipinski definition) is 3. The molecule has 0 spiro atoms. The fraction of sp³-hybridized carbons (Fsp3) is 0.235. The van der Waals surface area contributed by atoms with E-state index in [1.165, 1.54) is 0 Å². The SMILES string of the molecule is COc1ccccc1OCNC(=O)NCCc1cccc(Br)c1. The molecule has 0 aromatic heterocycles. The monoisotopic (exact) mass is 378 g/mol. The second-order valence-corrected chi connectivity index (χ2v) is 5.67. The van der Waals surface area contributed by atoms with Crippen LogP contribution >= 0.6 is 15.9 Å². The topological polar surface area (TPSA) is 59.6 Å². The van der Waals surface area contributed by atoms with E-state index in [9.17, 15) is 4.79 Å². The minimum Gasteiger partial charge on any atom is -0.493 e. The van der Waals surface area contributed by atoms with Crippen molar-refractivity contribution in [1.29, 1.82) is 0 Å². The van der Waals surface area contributed by atoms with E-state index >= 15 is 0 Å². The molecule has 0 radical (unpaired) electrons. The maximum Gasteiger partial charge on any atom is 0.317 e. The Balaban J connectivity index is 1.67. The van der Waals surface area contributed by atoms with Crippen LogP contribution in [0.1, 0.15) is 5.56 Å². The van der Waals surface area contributed by atoms with Gasteiger partial charge < -0.3 is 20.1 Å². The molecule has 0 heterocycles. The minimum absolute atomic E-state index is 0.0725. The second-order valence-electron chi connectivity index (χ2n) is 4.75. The Hall–Kier alpha value is -2.21. The molecule has 6 heteroatoms. The van der Waals surface area contributed by atoms with E-state index < -0.39 is 0 Å². The Kier molecular flexibility index (Phi) is 6.75. The summed E-state index contributed by atoms with van der Waals surface area (Å²) in [4.78, 5) is 11.7. The van der Waals surface area contributed by atoms with Crippen molar-refractivity contribution in [2.24, 2.45) is 0 Å². The van der Waals surface area contributed by atoms with Gasteiger partial charge in [0.25, 0.3) is 0 Å². The second kappa shape index (κ2) is 9.05. The van der Waals surface area contributed by atoms with Gasteiger partial charge in [0.1, 0.15) is 0 Å². The first-order chi connectivity index (χ1) is 11.2. The van der Waals surface area contributed by atoms with Crippen LogP contribution in [0.15, 0.2) is 53.0 Å². The Labute approximate surface area is 144 Å². The fourth-order valence-electron chi connectivity index (χ4n) is 1.99. The zero-order valence-corrected chi connectivity index (χ0v) is 14.4. The molecule has 0 saturated heterocycles. The lowest BCUT2D eigenvalue weighted by Gasteiger charge is -2.11. The van der Waals surface area contributed by atoms with Gasteiger partial charge in [0.2, 0.25) is 0 Å². The number of carbonyl (C=O) groups is 1. The minimum atomic E-state index is -0.269. The molecule has 23 heavy (non-hydrogen) atoms. The number of urea groups is 1. The molecule has 0 aliphatic carbocycles. The molecule has 5 nitrogen and oxygen atoms in total. The number of rotatable bonds is 7. The highest BCUT2D eigenvalue weighted by Crippen LogP contribution is 2.25. The van der Waals surface area contributed by atoms with Crippen LogP contribution in [0.2, 0.25) is 0 Å². The summed E-state index contributed by atoms with van der Waals surface area (Å²) in [5.41, 5.74) is 1.16. The van der Waals surface area contributed by atoms with Crippen molar-refractivity contribution < 1.29 is 14.3 Å². The first-order valence-corrected chi connectivity index (χ1v) is 8.00. The van der Waals surface area contributed by atoms with E-state index in [-0.39, 0.29) is 12.8 Å². The molecule has 0 unspecified atom stereocenters. The van der Waals surface area contributed by atoms with Crippen LogP contribution in [0, 0.1) is 0 Å². The zero-order valence-electron chi connectivity index (χ0n) is 12.8. The number of ether oxygens (including phenoxy) is 2. The number of halogens is 1. The highest BCUT2D eigenvalue weighted by Gasteiger charge is 2.04. The molecule has 0 aliphatic heterocycles. The lowest BCUT2D eigenvalue weighted by Crippen LogP contribution is -2.38. The molecule has 2 N–H and O–H groups in total. The average molecular weight is 379 g/mol. The summed E-state index contributed by atoms with van der Waals surface area (Å²) in [6.07, 6.45) is 0.764. The van der Waals surface area contributed by atoms with Crippen molar-refractivity contribution >= 4 is 22.0 Å². The number of amides is 2. The fourth-order valence-corrected chi connectivity index (χ4v) is 2.44. The van der Waals surface area contributed by atoms with Crippen molar-refractivity contribution in [2.75, 3.05) is 20.4 Å². The van der Waals surface area contributed by atoms with Gasteiger partial charge in [-0.1, -0.05) is 40.2 Å². The number of carbonyl (C=O) groups excluding carboxylic acids is 1. The molecule has 2 aromatic carbocycles. The molecule has 0 aliphatic rings. The van der Waals surface area contributed by atoms with Crippen LogP contribution in [0.5, 0.6) is 11.5 Å². The number of para-hydroxylation sites is 2. The Bertz CT molecular complexity index is 649. The molecule has 122 valence electrons. The zero-order chi connectivity index (χ0) is 16.5. The Morgan fingerprint density at radius 1 is 1.09 bits per heavy atom. The maximum absolute atomic E-state index is 11.7. The molecule has 0 bridgehead atoms. The van der Waals surface area contributed by atoms with E-state index in [4.69, 9.17) is 9.47 Å². The average Bonchev–Trinajstić information content (AvgIpc) is 2.55. The summed E-state index contributed by atoms with van der Waals surface area (Å²) in [5.74, 6) is 1.22. The number of methoxy groups -OCH3 is 1. The van der Waals surface area contributed by atoms with Crippen molar-refractivity contribution in [3.05, 3.63) is 58.6 Å². The highest BCUT2D eigenvalue weighted by molar-refractivity contribution is 9.10. The van der Waals surface area contributed by atoms with E-state index in [1.54, 1.807) is 19.2 Å². The van der Waals surface area contributed by atoms with Gasteiger partial charge in [0.05, 0.1) is 7.11 Å². The normalized spacial score (nSPS) is 10.0. The van der Waals surface area contributed by atoms with Crippen molar-refractivity contribution in [2.45, 2.75) is 6.42 Å². The largest absolute Gasteiger partial charge is 0.493 e. The summed E-state index contributed by atoms with van der Waals surface area (Å²) >= 11 is 3.42. The van der Waals surface area contributed by atoms with Crippen LogP contribution in [-0.4, -0.2) is 26.4 Å². The van der Waals surface area contributed by atoms with Crippen molar-refractivity contribution in [1.82, 2.24) is 10.6 Å². The van der Waals surface area contributed by atoms with Crippen LogP contribution in [0.3, 0.4) is 0 Å². The summed E-state index contributed by atoms with van der Waals surface area (Å²) in [5, 5.41) is 5.43. The van der Waals surface area contributed by atoms with E-state index in [1.807, 2.05) is 36.4 Å². The van der Waals surface area contributed by atoms with Gasteiger partial charge in [-0.3, -0.25) is 0 Å². The third kappa shape index (κ3) is 5.83. The molecule has 0 atom stereocenters. The third-order valence-electron chi connectivity index (χ3n) is 3.12. The molecule has 2 aromatic rings. The molecular formula is C17H19BrN2O3. The molecule has 2 rings (SSSR count). The highest BCUT2D eigenvalue weighted by atomic mass is 79.9. The summed E-state index contributed by atoms with van der Waals surface area (Å²) in [6.45, 7) is 0.625. The lowest BCUT2D eigenvalue weighted by atomic mass is 10.1. The van der Waals surface area contributed by atoms with Crippen LogP contribution in [-0.2, 0) is 6.42 Å². The lowest BCUT2D eigenvalue weighted by molar-refractivity contribution is 0.221. The number of hydrogen-bond donors (Lipinski definition) is 2. The molecule has 0 fully saturated rings. The summed E-state index contributed by atoms with van der Waals surface area (Å²) in [7, 11) is 1.57. The molecule has 2 amide bonds. The standard InChI is InChI=1S/C17H19BrN2O3/c1-22-15-7-2-3-8-16(15)23-12-20-17(21)19-10-9-13-5-4-6-14(18)11-13/h2-8,11H,9-10,12H2,1H3,(H2,19,20,21). The Morgan fingerprint density at radius 3 is 2.61 bits per heavy atom. The van der Waals surface area contributed by atoms with Gasteiger partial charge in [-0.25, -0.2) is 4.79 Å². The third-order valence-corrected chi connectivity index (χ3v) is 3.61. The van der Waals surface area contributed by atoms with Gasteiger partial charge >= 0.3 is 6.03 Å². The van der Waals surface area contributed by atoms with Gasteiger partial charge in [-0.2, -0.15) is 0 Å². The van der Waals surface area contributed by atoms with Gasteiger partial charge in [-0.05, 0) is 36.2 Å². The van der Waals surface area contributed by atoms with Crippen LogP contribution in [0.25, 0.3) is 0 Å². The predicted molar refractivity (Wildman–Crippen MR) is 92.9 cm³/mol. The van der Waals surface area contributed by atoms with Crippen LogP contribution < -0.4 is 20.1 Å². The van der Waals surface area contributed by atoms with Gasteiger partial charge in [0, 0.05) is 11.0 Å². The van der Waals surface area contributed by atoms with E-state index in [2.05, 4.69) is 26.6 Å². The smallest absolute Gasteiger partial charge is 0.317 e. The number of benzene rings is 2. The van der Waals surface area contributed by atoms with Crippen molar-refractivity contribution in [3.63, 3.8) is 0 Å². The summed E-state index contributed by atoms with van der Waals surface area (Å²) in [6, 6.07) is 15.0. The maximum atomic E-state index is 11.7. The molecular weight excluding hydrogens is 360 g/mol. The first-order valence-electron chi connectivity index (χ1n) is 7.21. The van der Waals surface area contributed by atoms with Crippen molar-refractivity contribution in [3.8, 4) is 11.5 Å². The van der Waals surface area contributed by atoms with Gasteiger partial charge in [0.15, 0.2) is 18.2 Å². The quantitative estimate of drug-likeness (QED) is 0.726.